The molecule has 1 fully saturated rings. The predicted molar refractivity (Wildman–Crippen MR) is 58.6 cm³/mol. The highest BCUT2D eigenvalue weighted by molar-refractivity contribution is 5.81. The summed E-state index contributed by atoms with van der Waals surface area (Å²) in [6.07, 6.45) is 2.40. The average Bonchev–Trinajstić information content (AvgIpc) is 2.41. The van der Waals surface area contributed by atoms with E-state index in [4.69, 9.17) is 0 Å². The molecule has 1 unspecified atom stereocenters. The molecule has 1 N–H and O–H groups in total. The van der Waals surface area contributed by atoms with Crippen LogP contribution in [0.25, 0.3) is 0 Å². The molecule has 0 bridgehead atoms. The van der Waals surface area contributed by atoms with Crippen LogP contribution in [-0.2, 0) is 4.79 Å². The second-order valence-electron chi connectivity index (χ2n) is 4.79. The van der Waals surface area contributed by atoms with Crippen molar-refractivity contribution in [2.45, 2.75) is 38.6 Å². The van der Waals surface area contributed by atoms with Crippen molar-refractivity contribution < 1.29 is 4.79 Å². The zero-order chi connectivity index (χ0) is 11.1. The van der Waals surface area contributed by atoms with Crippen LogP contribution in [0.2, 0.25) is 0 Å². The van der Waals surface area contributed by atoms with Crippen LogP contribution in [0, 0.1) is 6.92 Å². The molecule has 1 amide bonds. The highest BCUT2D eigenvalue weighted by atomic mass is 16.2. The van der Waals surface area contributed by atoms with E-state index in [-0.39, 0.29) is 17.4 Å². The second-order valence-corrected chi connectivity index (χ2v) is 4.79. The monoisotopic (exact) mass is 204 g/mol. The quantitative estimate of drug-likeness (QED) is 0.757. The van der Waals surface area contributed by atoms with Crippen molar-refractivity contribution in [3.63, 3.8) is 0 Å². The van der Waals surface area contributed by atoms with E-state index in [1.54, 1.807) is 0 Å². The van der Waals surface area contributed by atoms with Crippen LogP contribution in [0.5, 0.6) is 0 Å². The fourth-order valence-corrected chi connectivity index (χ4v) is 2.10. The molecule has 1 aromatic heterocycles. The molecule has 1 aliphatic heterocycles. The Bertz CT molecular complexity index is 381. The van der Waals surface area contributed by atoms with Gasteiger partial charge in [-0.25, -0.2) is 0 Å². The number of aryl methyl sites for hydroxylation is 1. The van der Waals surface area contributed by atoms with Gasteiger partial charge in [0.2, 0.25) is 5.91 Å². The van der Waals surface area contributed by atoms with Gasteiger partial charge in [-0.3, -0.25) is 9.78 Å². The molecule has 1 aliphatic rings. The third-order valence-corrected chi connectivity index (χ3v) is 3.01. The summed E-state index contributed by atoms with van der Waals surface area (Å²) in [4.78, 5) is 15.8. The molecule has 1 aromatic rings. The number of hydrogen-bond acceptors (Lipinski definition) is 2. The molecule has 3 nitrogen and oxygen atoms in total. The van der Waals surface area contributed by atoms with Crippen LogP contribution >= 0.6 is 0 Å². The molecule has 3 heteroatoms. The second kappa shape index (κ2) is 3.33. The van der Waals surface area contributed by atoms with E-state index in [0.29, 0.717) is 6.42 Å². The van der Waals surface area contributed by atoms with Crippen molar-refractivity contribution in [3.05, 3.63) is 29.6 Å². The maximum absolute atomic E-state index is 11.4. The molecule has 0 saturated carbocycles. The minimum absolute atomic E-state index is 0.118. The Labute approximate surface area is 89.9 Å². The van der Waals surface area contributed by atoms with E-state index in [1.165, 1.54) is 0 Å². The van der Waals surface area contributed by atoms with Gasteiger partial charge in [-0.05, 0) is 32.4 Å². The summed E-state index contributed by atoms with van der Waals surface area (Å²) in [6, 6.07) is 4.06. The maximum Gasteiger partial charge on any atom is 0.221 e. The first-order valence-electron chi connectivity index (χ1n) is 5.22. The zero-order valence-electron chi connectivity index (χ0n) is 9.37. The number of carbonyl (C=O) groups excluding carboxylic acids is 1. The number of nitrogens with zero attached hydrogens (tertiary/aromatic N) is 1. The molecule has 0 aliphatic carbocycles. The number of pyridine rings is 1. The summed E-state index contributed by atoms with van der Waals surface area (Å²) < 4.78 is 0. The summed E-state index contributed by atoms with van der Waals surface area (Å²) in [6.45, 7) is 6.11. The number of hydrogen-bond donors (Lipinski definition) is 1. The van der Waals surface area contributed by atoms with Crippen LogP contribution < -0.4 is 5.32 Å². The topological polar surface area (TPSA) is 42.0 Å². The number of rotatable bonds is 1. The normalized spacial score (nSPS) is 23.9. The molecule has 2 rings (SSSR count). The molecular formula is C12H16N2O. The van der Waals surface area contributed by atoms with Crippen LogP contribution in [0.1, 0.15) is 37.4 Å². The molecule has 1 saturated heterocycles. The third kappa shape index (κ3) is 1.87. The third-order valence-electron chi connectivity index (χ3n) is 3.01. The minimum atomic E-state index is -0.181. The lowest BCUT2D eigenvalue weighted by molar-refractivity contribution is -0.119. The molecule has 80 valence electrons. The van der Waals surface area contributed by atoms with Crippen molar-refractivity contribution in [3.8, 4) is 0 Å². The molecule has 2 heterocycles. The fraction of sp³-hybridized carbons (Fsp3) is 0.500. The number of amides is 1. The summed E-state index contributed by atoms with van der Waals surface area (Å²) in [5, 5.41) is 2.98. The van der Waals surface area contributed by atoms with Crippen molar-refractivity contribution in [2.75, 3.05) is 0 Å². The van der Waals surface area contributed by atoms with Crippen molar-refractivity contribution in [1.29, 1.82) is 0 Å². The zero-order valence-corrected chi connectivity index (χ0v) is 9.37. The minimum Gasteiger partial charge on any atom is -0.351 e. The Balaban J connectivity index is 2.31. The Kier molecular flexibility index (Phi) is 2.25. The van der Waals surface area contributed by atoms with Gasteiger partial charge in [0.1, 0.15) is 0 Å². The molecule has 1 atom stereocenters. The van der Waals surface area contributed by atoms with Crippen molar-refractivity contribution in [2.24, 2.45) is 0 Å². The van der Waals surface area contributed by atoms with Gasteiger partial charge in [0.25, 0.3) is 0 Å². The van der Waals surface area contributed by atoms with E-state index in [1.807, 2.05) is 39.1 Å². The largest absolute Gasteiger partial charge is 0.351 e. The maximum atomic E-state index is 11.4. The van der Waals surface area contributed by atoms with E-state index >= 15 is 0 Å². The predicted octanol–water partition coefficient (Wildman–Crippen LogP) is 1.77. The molecular weight excluding hydrogens is 188 g/mol. The highest BCUT2D eigenvalue weighted by Crippen LogP contribution is 2.34. The lowest BCUT2D eigenvalue weighted by Crippen LogP contribution is -2.38. The van der Waals surface area contributed by atoms with Crippen LogP contribution in [0.3, 0.4) is 0 Å². The van der Waals surface area contributed by atoms with Gasteiger partial charge < -0.3 is 5.32 Å². The standard InChI is InChI=1S/C12H16N2O/c1-8-4-5-10(13-7-8)9-6-11(15)14-12(9,2)3/h4-5,7,9H,6H2,1-3H3,(H,14,15). The van der Waals surface area contributed by atoms with Crippen LogP contribution in [0.4, 0.5) is 0 Å². The van der Waals surface area contributed by atoms with Gasteiger partial charge in [-0.15, -0.1) is 0 Å². The van der Waals surface area contributed by atoms with E-state index in [2.05, 4.69) is 10.3 Å². The smallest absolute Gasteiger partial charge is 0.221 e. The van der Waals surface area contributed by atoms with Gasteiger partial charge in [0.15, 0.2) is 0 Å². The van der Waals surface area contributed by atoms with Crippen molar-refractivity contribution >= 4 is 5.91 Å². The van der Waals surface area contributed by atoms with Gasteiger partial charge >= 0.3 is 0 Å². The number of carbonyl (C=O) groups is 1. The summed E-state index contributed by atoms with van der Waals surface area (Å²) in [5.41, 5.74) is 1.97. The van der Waals surface area contributed by atoms with Gasteiger partial charge in [0, 0.05) is 29.8 Å². The molecule has 0 radical (unpaired) electrons. The summed E-state index contributed by atoms with van der Waals surface area (Å²) in [7, 11) is 0. The first-order chi connectivity index (χ1) is 6.99. The Morgan fingerprint density at radius 2 is 2.20 bits per heavy atom. The van der Waals surface area contributed by atoms with E-state index in [9.17, 15) is 4.79 Å². The fourth-order valence-electron chi connectivity index (χ4n) is 2.10. The van der Waals surface area contributed by atoms with Crippen LogP contribution in [-0.4, -0.2) is 16.4 Å². The van der Waals surface area contributed by atoms with Gasteiger partial charge in [-0.1, -0.05) is 6.07 Å². The SMILES string of the molecule is Cc1ccc(C2CC(=O)NC2(C)C)nc1. The number of nitrogens with one attached hydrogen (secondary N) is 1. The Hall–Kier alpha value is -1.38. The van der Waals surface area contributed by atoms with Gasteiger partial charge in [-0.2, -0.15) is 0 Å². The highest BCUT2D eigenvalue weighted by Gasteiger charge is 2.40. The Morgan fingerprint density at radius 1 is 1.47 bits per heavy atom. The summed E-state index contributed by atoms with van der Waals surface area (Å²) in [5.74, 6) is 0.304. The molecule has 0 spiro atoms. The lowest BCUT2D eigenvalue weighted by Gasteiger charge is -2.25. The van der Waals surface area contributed by atoms with E-state index < -0.39 is 0 Å². The first-order valence-corrected chi connectivity index (χ1v) is 5.22. The van der Waals surface area contributed by atoms with Crippen molar-refractivity contribution in [1.82, 2.24) is 10.3 Å². The summed E-state index contributed by atoms with van der Waals surface area (Å²) >= 11 is 0. The average molecular weight is 204 g/mol. The Morgan fingerprint density at radius 3 is 2.67 bits per heavy atom. The lowest BCUT2D eigenvalue weighted by atomic mass is 9.86. The van der Waals surface area contributed by atoms with E-state index in [0.717, 1.165) is 11.3 Å². The molecule has 15 heavy (non-hydrogen) atoms. The molecule has 0 aromatic carbocycles. The first kappa shape index (κ1) is 10.1. The van der Waals surface area contributed by atoms with Gasteiger partial charge in [0.05, 0.1) is 0 Å². The number of aromatic nitrogens is 1. The van der Waals surface area contributed by atoms with Crippen LogP contribution in [0.15, 0.2) is 18.3 Å².